The molecular formula is C14H12FNO3S. The highest BCUT2D eigenvalue weighted by atomic mass is 32.1. The summed E-state index contributed by atoms with van der Waals surface area (Å²) in [5.41, 5.74) is 0.629. The van der Waals surface area contributed by atoms with Gasteiger partial charge in [0.05, 0.1) is 17.2 Å². The van der Waals surface area contributed by atoms with Crippen LogP contribution in [-0.4, -0.2) is 17.0 Å². The number of halogens is 1. The number of rotatable bonds is 4. The topological polar surface area (TPSA) is 66.4 Å². The predicted octanol–water partition coefficient (Wildman–Crippen LogP) is 3.33. The smallest absolute Gasteiger partial charge is 0.335 e. The first kappa shape index (κ1) is 14.2. The number of carboxylic acid groups (broad SMARTS) is 1. The molecule has 1 atom stereocenters. The van der Waals surface area contributed by atoms with Crippen molar-refractivity contribution in [1.29, 1.82) is 0 Å². The predicted molar refractivity (Wildman–Crippen MR) is 74.7 cm³/mol. The van der Waals surface area contributed by atoms with Gasteiger partial charge in [-0.1, -0.05) is 0 Å². The summed E-state index contributed by atoms with van der Waals surface area (Å²) in [5, 5.41) is 15.0. The molecule has 1 heterocycles. The Bertz CT molecular complexity index is 640. The van der Waals surface area contributed by atoms with E-state index in [1.807, 2.05) is 16.8 Å². The lowest BCUT2D eigenvalue weighted by atomic mass is 10.0. The molecule has 1 amide bonds. The molecule has 104 valence electrons. The minimum atomic E-state index is -1.17. The van der Waals surface area contributed by atoms with E-state index in [-0.39, 0.29) is 17.2 Å². The van der Waals surface area contributed by atoms with Crippen molar-refractivity contribution in [1.82, 2.24) is 0 Å². The van der Waals surface area contributed by atoms with E-state index >= 15 is 0 Å². The standard InChI is InChI=1S/C14H12FNO3S/c1-8(10-4-5-20-7-10)13(17)16-12-6-9(14(18)19)2-3-11(12)15/h2-8H,1H3,(H,16,17)(H,18,19)/t8-/m0/s1. The van der Waals surface area contributed by atoms with Crippen LogP contribution < -0.4 is 5.32 Å². The number of benzene rings is 1. The lowest BCUT2D eigenvalue weighted by Crippen LogP contribution is -2.19. The second-order valence-corrected chi connectivity index (χ2v) is 5.05. The maximum absolute atomic E-state index is 13.6. The molecule has 0 fully saturated rings. The average Bonchev–Trinajstić information content (AvgIpc) is 2.94. The van der Waals surface area contributed by atoms with Crippen LogP contribution in [-0.2, 0) is 4.79 Å². The summed E-state index contributed by atoms with van der Waals surface area (Å²) in [4.78, 5) is 22.9. The van der Waals surface area contributed by atoms with Crippen LogP contribution in [0.4, 0.5) is 10.1 Å². The number of carbonyl (C=O) groups excluding carboxylic acids is 1. The number of carboxylic acids is 1. The van der Waals surface area contributed by atoms with E-state index in [9.17, 15) is 14.0 Å². The van der Waals surface area contributed by atoms with Crippen molar-refractivity contribution in [3.63, 3.8) is 0 Å². The van der Waals surface area contributed by atoms with Crippen molar-refractivity contribution in [2.45, 2.75) is 12.8 Å². The Morgan fingerprint density at radius 3 is 2.70 bits per heavy atom. The Hall–Kier alpha value is -2.21. The Morgan fingerprint density at radius 1 is 1.35 bits per heavy atom. The molecule has 0 bridgehead atoms. The van der Waals surface area contributed by atoms with E-state index in [2.05, 4.69) is 5.32 Å². The average molecular weight is 293 g/mol. The number of carbonyl (C=O) groups is 2. The molecule has 0 radical (unpaired) electrons. The molecule has 0 aliphatic heterocycles. The number of anilines is 1. The first-order chi connectivity index (χ1) is 9.49. The molecule has 0 aliphatic carbocycles. The summed E-state index contributed by atoms with van der Waals surface area (Å²) in [5.74, 6) is -2.66. The zero-order chi connectivity index (χ0) is 14.7. The number of thiophene rings is 1. The van der Waals surface area contributed by atoms with E-state index < -0.39 is 17.7 Å². The second-order valence-electron chi connectivity index (χ2n) is 4.27. The first-order valence-electron chi connectivity index (χ1n) is 5.85. The van der Waals surface area contributed by atoms with Crippen LogP contribution in [0.2, 0.25) is 0 Å². The van der Waals surface area contributed by atoms with Gasteiger partial charge in [0.1, 0.15) is 5.82 Å². The Labute approximate surface area is 118 Å². The SMILES string of the molecule is C[C@H](C(=O)Nc1cc(C(=O)O)ccc1F)c1ccsc1. The zero-order valence-electron chi connectivity index (χ0n) is 10.6. The van der Waals surface area contributed by atoms with Gasteiger partial charge in [-0.3, -0.25) is 4.79 Å². The minimum Gasteiger partial charge on any atom is -0.478 e. The van der Waals surface area contributed by atoms with E-state index in [0.717, 1.165) is 23.8 Å². The van der Waals surface area contributed by atoms with Gasteiger partial charge in [0.15, 0.2) is 0 Å². The van der Waals surface area contributed by atoms with Gasteiger partial charge in [-0.15, -0.1) is 0 Å². The maximum atomic E-state index is 13.6. The highest BCUT2D eigenvalue weighted by Gasteiger charge is 2.18. The Morgan fingerprint density at radius 2 is 2.10 bits per heavy atom. The fraction of sp³-hybridized carbons (Fsp3) is 0.143. The summed E-state index contributed by atoms with van der Waals surface area (Å²) >= 11 is 1.47. The number of aromatic carboxylic acids is 1. The second kappa shape index (κ2) is 5.83. The molecule has 2 N–H and O–H groups in total. The molecular weight excluding hydrogens is 281 g/mol. The first-order valence-corrected chi connectivity index (χ1v) is 6.79. The minimum absolute atomic E-state index is 0.0788. The fourth-order valence-corrected chi connectivity index (χ4v) is 2.42. The van der Waals surface area contributed by atoms with Gasteiger partial charge in [0, 0.05) is 0 Å². The van der Waals surface area contributed by atoms with E-state index in [1.54, 1.807) is 6.92 Å². The van der Waals surface area contributed by atoms with Crippen molar-refractivity contribution < 1.29 is 19.1 Å². The van der Waals surface area contributed by atoms with Crippen LogP contribution in [0.1, 0.15) is 28.8 Å². The molecule has 0 unspecified atom stereocenters. The van der Waals surface area contributed by atoms with Crippen molar-refractivity contribution >= 4 is 28.9 Å². The van der Waals surface area contributed by atoms with Crippen molar-refractivity contribution in [2.24, 2.45) is 0 Å². The quantitative estimate of drug-likeness (QED) is 0.908. The van der Waals surface area contributed by atoms with Gasteiger partial charge in [0.2, 0.25) is 5.91 Å². The molecule has 2 aromatic rings. The van der Waals surface area contributed by atoms with Gasteiger partial charge < -0.3 is 10.4 Å². The van der Waals surface area contributed by atoms with Gasteiger partial charge in [-0.25, -0.2) is 9.18 Å². The molecule has 0 saturated heterocycles. The lowest BCUT2D eigenvalue weighted by molar-refractivity contribution is -0.117. The summed E-state index contributed by atoms with van der Waals surface area (Å²) in [6.07, 6.45) is 0. The van der Waals surface area contributed by atoms with Gasteiger partial charge in [0.25, 0.3) is 0 Å². The zero-order valence-corrected chi connectivity index (χ0v) is 11.4. The summed E-state index contributed by atoms with van der Waals surface area (Å²) in [6, 6.07) is 5.10. The molecule has 2 rings (SSSR count). The third-order valence-corrected chi connectivity index (χ3v) is 3.61. The Balaban J connectivity index is 2.19. The molecule has 4 nitrogen and oxygen atoms in total. The molecule has 1 aromatic carbocycles. The van der Waals surface area contributed by atoms with Crippen molar-refractivity contribution in [3.8, 4) is 0 Å². The summed E-state index contributed by atoms with van der Waals surface area (Å²) in [7, 11) is 0. The number of hydrogen-bond acceptors (Lipinski definition) is 3. The normalized spacial score (nSPS) is 11.9. The van der Waals surface area contributed by atoms with Crippen molar-refractivity contribution in [3.05, 3.63) is 52.0 Å². The van der Waals surface area contributed by atoms with Crippen LogP contribution in [0.25, 0.3) is 0 Å². The summed E-state index contributed by atoms with van der Waals surface area (Å²) < 4.78 is 13.6. The number of hydrogen-bond donors (Lipinski definition) is 2. The van der Waals surface area contributed by atoms with E-state index in [0.29, 0.717) is 0 Å². The largest absolute Gasteiger partial charge is 0.478 e. The van der Waals surface area contributed by atoms with Crippen LogP contribution >= 0.6 is 11.3 Å². The highest BCUT2D eigenvalue weighted by Crippen LogP contribution is 2.22. The Kier molecular flexibility index (Phi) is 4.14. The van der Waals surface area contributed by atoms with E-state index in [1.165, 1.54) is 11.3 Å². The van der Waals surface area contributed by atoms with Crippen molar-refractivity contribution in [2.75, 3.05) is 5.32 Å². The number of amides is 1. The summed E-state index contributed by atoms with van der Waals surface area (Å²) in [6.45, 7) is 1.70. The van der Waals surface area contributed by atoms with Gasteiger partial charge in [-0.2, -0.15) is 11.3 Å². The van der Waals surface area contributed by atoms with Gasteiger partial charge >= 0.3 is 5.97 Å². The number of nitrogens with one attached hydrogen (secondary N) is 1. The van der Waals surface area contributed by atoms with Crippen LogP contribution in [0.5, 0.6) is 0 Å². The highest BCUT2D eigenvalue weighted by molar-refractivity contribution is 7.08. The molecule has 1 aromatic heterocycles. The third kappa shape index (κ3) is 3.03. The van der Waals surface area contributed by atoms with Crippen LogP contribution in [0.15, 0.2) is 35.0 Å². The maximum Gasteiger partial charge on any atom is 0.335 e. The molecule has 6 heteroatoms. The molecule has 0 saturated carbocycles. The van der Waals surface area contributed by atoms with Gasteiger partial charge in [-0.05, 0) is 47.5 Å². The molecule has 20 heavy (non-hydrogen) atoms. The molecule has 0 aliphatic rings. The van der Waals surface area contributed by atoms with Crippen LogP contribution in [0, 0.1) is 5.82 Å². The lowest BCUT2D eigenvalue weighted by Gasteiger charge is -2.12. The van der Waals surface area contributed by atoms with Crippen LogP contribution in [0.3, 0.4) is 0 Å². The fourth-order valence-electron chi connectivity index (χ4n) is 1.67. The van der Waals surface area contributed by atoms with E-state index in [4.69, 9.17) is 5.11 Å². The molecule has 0 spiro atoms. The third-order valence-electron chi connectivity index (χ3n) is 2.91. The monoisotopic (exact) mass is 293 g/mol.